The molecule has 0 radical (unpaired) electrons. The minimum atomic E-state index is 0.101. The van der Waals surface area contributed by atoms with E-state index in [1.54, 1.807) is 0 Å². The van der Waals surface area contributed by atoms with E-state index in [4.69, 9.17) is 0 Å². The molecule has 3 heterocycles. The molecule has 1 aliphatic heterocycles. The van der Waals surface area contributed by atoms with Gasteiger partial charge in [0.2, 0.25) is 11.1 Å². The van der Waals surface area contributed by atoms with Gasteiger partial charge in [-0.3, -0.25) is 15.0 Å². The van der Waals surface area contributed by atoms with E-state index in [0.717, 1.165) is 41.2 Å². The lowest BCUT2D eigenvalue weighted by atomic mass is 10.0. The third-order valence-electron chi connectivity index (χ3n) is 4.50. The van der Waals surface area contributed by atoms with E-state index < -0.39 is 0 Å². The van der Waals surface area contributed by atoms with Gasteiger partial charge < -0.3 is 4.90 Å². The number of aromatic nitrogens is 5. The van der Waals surface area contributed by atoms with Gasteiger partial charge in [-0.1, -0.05) is 49.0 Å². The highest BCUT2D eigenvalue weighted by molar-refractivity contribution is 7.99. The van der Waals surface area contributed by atoms with Crippen LogP contribution < -0.4 is 0 Å². The SMILES string of the molecule is CCc1nc(SCC(=O)N2CCc3[nH]nc(-c4ccccc4)c3C2)n[nH]1. The fourth-order valence-electron chi connectivity index (χ4n) is 3.06. The van der Waals surface area contributed by atoms with Crippen molar-refractivity contribution in [2.45, 2.75) is 31.5 Å². The van der Waals surface area contributed by atoms with Crippen LogP contribution in [0.1, 0.15) is 24.0 Å². The van der Waals surface area contributed by atoms with Gasteiger partial charge in [0.15, 0.2) is 0 Å². The van der Waals surface area contributed by atoms with E-state index in [1.807, 2.05) is 42.2 Å². The van der Waals surface area contributed by atoms with Gasteiger partial charge in [-0.25, -0.2) is 4.98 Å². The van der Waals surface area contributed by atoms with Crippen molar-refractivity contribution < 1.29 is 4.79 Å². The Balaban J connectivity index is 1.44. The Hall–Kier alpha value is -2.61. The smallest absolute Gasteiger partial charge is 0.233 e. The molecule has 0 saturated heterocycles. The predicted octanol–water partition coefficient (Wildman–Crippen LogP) is 2.43. The summed E-state index contributed by atoms with van der Waals surface area (Å²) in [6, 6.07) is 10.1. The zero-order chi connectivity index (χ0) is 17.9. The molecule has 1 aliphatic rings. The second-order valence-electron chi connectivity index (χ2n) is 6.17. The third-order valence-corrected chi connectivity index (χ3v) is 5.34. The lowest BCUT2D eigenvalue weighted by Crippen LogP contribution is -2.37. The number of rotatable bonds is 5. The monoisotopic (exact) mass is 368 g/mol. The van der Waals surface area contributed by atoms with Gasteiger partial charge in [0.1, 0.15) is 5.82 Å². The van der Waals surface area contributed by atoms with Crippen LogP contribution in [0.15, 0.2) is 35.5 Å². The zero-order valence-corrected chi connectivity index (χ0v) is 15.3. The molecule has 0 unspecified atom stereocenters. The summed E-state index contributed by atoms with van der Waals surface area (Å²) in [5.41, 5.74) is 4.25. The van der Waals surface area contributed by atoms with Crippen LogP contribution in [-0.2, 0) is 24.2 Å². The second kappa shape index (κ2) is 7.33. The highest BCUT2D eigenvalue weighted by Gasteiger charge is 2.25. The second-order valence-corrected chi connectivity index (χ2v) is 7.11. The number of H-pyrrole nitrogens is 2. The lowest BCUT2D eigenvalue weighted by molar-refractivity contribution is -0.129. The largest absolute Gasteiger partial charge is 0.337 e. The molecule has 1 amide bonds. The average Bonchev–Trinajstić information content (AvgIpc) is 3.33. The van der Waals surface area contributed by atoms with Crippen molar-refractivity contribution in [1.29, 1.82) is 0 Å². The summed E-state index contributed by atoms with van der Waals surface area (Å²) in [4.78, 5) is 18.9. The van der Waals surface area contributed by atoms with Gasteiger partial charge >= 0.3 is 0 Å². The Morgan fingerprint density at radius 3 is 2.85 bits per heavy atom. The standard InChI is InChI=1S/C18H20N6OS/c1-2-15-19-18(23-21-15)26-11-16(25)24-9-8-14-13(10-24)17(22-20-14)12-6-4-3-5-7-12/h3-7H,2,8-11H2,1H3,(H,20,22)(H,19,21,23). The van der Waals surface area contributed by atoms with Crippen molar-refractivity contribution in [3.05, 3.63) is 47.4 Å². The first-order chi connectivity index (χ1) is 12.7. The molecule has 7 nitrogen and oxygen atoms in total. The molecule has 1 aromatic carbocycles. The molecule has 26 heavy (non-hydrogen) atoms. The summed E-state index contributed by atoms with van der Waals surface area (Å²) in [5, 5.41) is 15.2. The number of amides is 1. The van der Waals surface area contributed by atoms with Crippen LogP contribution in [0.5, 0.6) is 0 Å². The van der Waals surface area contributed by atoms with Crippen LogP contribution in [0.2, 0.25) is 0 Å². The van der Waals surface area contributed by atoms with Gasteiger partial charge in [-0.2, -0.15) is 5.10 Å². The topological polar surface area (TPSA) is 90.6 Å². The highest BCUT2D eigenvalue weighted by atomic mass is 32.2. The maximum atomic E-state index is 12.6. The van der Waals surface area contributed by atoms with Gasteiger partial charge in [0, 0.05) is 42.8 Å². The highest BCUT2D eigenvalue weighted by Crippen LogP contribution is 2.28. The normalized spacial score (nSPS) is 13.7. The van der Waals surface area contributed by atoms with Crippen molar-refractivity contribution in [1.82, 2.24) is 30.3 Å². The number of carbonyl (C=O) groups is 1. The van der Waals surface area contributed by atoms with Gasteiger partial charge in [0.25, 0.3) is 0 Å². The summed E-state index contributed by atoms with van der Waals surface area (Å²) in [6.07, 6.45) is 1.60. The third kappa shape index (κ3) is 3.37. The van der Waals surface area contributed by atoms with E-state index in [-0.39, 0.29) is 5.91 Å². The van der Waals surface area contributed by atoms with Gasteiger partial charge in [-0.15, -0.1) is 5.10 Å². The molecule has 0 aliphatic carbocycles. The first-order valence-electron chi connectivity index (χ1n) is 8.68. The number of nitrogens with one attached hydrogen (secondary N) is 2. The Kier molecular flexibility index (Phi) is 4.75. The molecule has 0 spiro atoms. The van der Waals surface area contributed by atoms with Gasteiger partial charge in [-0.05, 0) is 0 Å². The summed E-state index contributed by atoms with van der Waals surface area (Å²) in [6.45, 7) is 3.31. The fraction of sp³-hybridized carbons (Fsp3) is 0.333. The van der Waals surface area contributed by atoms with Crippen molar-refractivity contribution in [3.63, 3.8) is 0 Å². The Morgan fingerprint density at radius 1 is 1.23 bits per heavy atom. The molecule has 0 bridgehead atoms. The van der Waals surface area contributed by atoms with Crippen LogP contribution in [0, 0.1) is 0 Å². The number of fused-ring (bicyclic) bond motifs is 1. The molecular formula is C18H20N6OS. The number of benzene rings is 1. The molecule has 8 heteroatoms. The van der Waals surface area contributed by atoms with Crippen molar-refractivity contribution in [2.24, 2.45) is 0 Å². The fourth-order valence-corrected chi connectivity index (χ4v) is 3.78. The van der Waals surface area contributed by atoms with Crippen molar-refractivity contribution in [2.75, 3.05) is 12.3 Å². The maximum absolute atomic E-state index is 12.6. The van der Waals surface area contributed by atoms with Crippen LogP contribution in [0.3, 0.4) is 0 Å². The van der Waals surface area contributed by atoms with Gasteiger partial charge in [0.05, 0.1) is 11.4 Å². The Labute approximate surface area is 155 Å². The van der Waals surface area contributed by atoms with Crippen molar-refractivity contribution >= 4 is 17.7 Å². The molecule has 2 aromatic heterocycles. The number of hydrogen-bond donors (Lipinski definition) is 2. The predicted molar refractivity (Wildman–Crippen MR) is 99.6 cm³/mol. The van der Waals surface area contributed by atoms with E-state index in [2.05, 4.69) is 25.4 Å². The van der Waals surface area contributed by atoms with E-state index in [1.165, 1.54) is 11.8 Å². The molecular weight excluding hydrogens is 348 g/mol. The molecule has 4 rings (SSSR count). The molecule has 0 atom stereocenters. The average molecular weight is 368 g/mol. The number of thioether (sulfide) groups is 1. The maximum Gasteiger partial charge on any atom is 0.233 e. The van der Waals surface area contributed by atoms with Crippen LogP contribution in [0.25, 0.3) is 11.3 Å². The summed E-state index contributed by atoms with van der Waals surface area (Å²) >= 11 is 1.37. The van der Waals surface area contributed by atoms with Crippen LogP contribution in [0.4, 0.5) is 0 Å². The molecule has 0 saturated carbocycles. The van der Waals surface area contributed by atoms with E-state index in [9.17, 15) is 4.79 Å². The molecule has 3 aromatic rings. The Morgan fingerprint density at radius 2 is 2.08 bits per heavy atom. The summed E-state index contributed by atoms with van der Waals surface area (Å²) < 4.78 is 0. The minimum Gasteiger partial charge on any atom is -0.337 e. The Bertz CT molecular complexity index is 904. The molecule has 2 N–H and O–H groups in total. The number of carbonyl (C=O) groups excluding carboxylic acids is 1. The van der Waals surface area contributed by atoms with E-state index in [0.29, 0.717) is 24.0 Å². The molecule has 0 fully saturated rings. The van der Waals surface area contributed by atoms with Crippen molar-refractivity contribution in [3.8, 4) is 11.3 Å². The number of hydrogen-bond acceptors (Lipinski definition) is 5. The minimum absolute atomic E-state index is 0.101. The number of aromatic amines is 2. The zero-order valence-electron chi connectivity index (χ0n) is 14.5. The first-order valence-corrected chi connectivity index (χ1v) is 9.66. The summed E-state index contributed by atoms with van der Waals surface area (Å²) in [5.74, 6) is 1.28. The van der Waals surface area contributed by atoms with Crippen LogP contribution >= 0.6 is 11.8 Å². The summed E-state index contributed by atoms with van der Waals surface area (Å²) in [7, 11) is 0. The number of aryl methyl sites for hydroxylation is 1. The first kappa shape index (κ1) is 16.8. The van der Waals surface area contributed by atoms with E-state index >= 15 is 0 Å². The number of nitrogens with zero attached hydrogens (tertiary/aromatic N) is 4. The lowest BCUT2D eigenvalue weighted by Gasteiger charge is -2.27. The van der Waals surface area contributed by atoms with Crippen LogP contribution in [-0.4, -0.2) is 48.5 Å². The quantitative estimate of drug-likeness (QED) is 0.675. The molecule has 134 valence electrons.